The summed E-state index contributed by atoms with van der Waals surface area (Å²) in [7, 11) is 2.55. The first kappa shape index (κ1) is 45.4. The number of halogens is 7. The Hall–Kier alpha value is -6.60. The van der Waals surface area contributed by atoms with Crippen LogP contribution < -0.4 is 10.1 Å². The van der Waals surface area contributed by atoms with Crippen molar-refractivity contribution in [1.82, 2.24) is 19.6 Å². The first-order valence-electron chi connectivity index (χ1n) is 19.7. The number of aromatic nitrogens is 2. The van der Waals surface area contributed by atoms with Crippen LogP contribution in [0.1, 0.15) is 51.2 Å². The van der Waals surface area contributed by atoms with Gasteiger partial charge in [-0.25, -0.2) is 0 Å². The number of phenols is 1. The number of amides is 4. The van der Waals surface area contributed by atoms with Gasteiger partial charge in [-0.1, -0.05) is 35.9 Å². The first-order chi connectivity index (χ1) is 30.3. The number of rotatable bonds is 14. The number of likely N-dealkylation sites (tertiary alicyclic amines) is 1. The third-order valence-electron chi connectivity index (χ3n) is 10.6. The zero-order valence-corrected chi connectivity index (χ0v) is 34.7. The van der Waals surface area contributed by atoms with Gasteiger partial charge in [0.1, 0.15) is 36.5 Å². The number of nitrogens with zero attached hydrogens (tertiary/aromatic N) is 4. The molecule has 7 rings (SSSR count). The van der Waals surface area contributed by atoms with E-state index in [4.69, 9.17) is 25.8 Å². The highest BCUT2D eigenvalue weighted by atomic mass is 35.5. The van der Waals surface area contributed by atoms with Crippen molar-refractivity contribution in [2.24, 2.45) is 7.05 Å². The number of aryl methyl sites for hydroxylation is 1. The minimum atomic E-state index is -4.86. The Labute approximate surface area is 366 Å². The molecule has 1 saturated heterocycles. The van der Waals surface area contributed by atoms with Crippen LogP contribution in [-0.2, 0) is 38.5 Å². The van der Waals surface area contributed by atoms with Crippen molar-refractivity contribution >= 4 is 40.9 Å². The quantitative estimate of drug-likeness (QED) is 0.0720. The van der Waals surface area contributed by atoms with E-state index in [1.165, 1.54) is 38.4 Å². The van der Waals surface area contributed by atoms with Crippen molar-refractivity contribution in [2.75, 3.05) is 45.3 Å². The number of carbonyl (C=O) groups is 4. The topological polar surface area (TPSA) is 153 Å². The molecule has 2 N–H and O–H groups in total. The molecule has 0 radical (unpaired) electrons. The van der Waals surface area contributed by atoms with Crippen molar-refractivity contribution in [2.45, 2.75) is 37.7 Å². The number of alkyl halides is 6. The van der Waals surface area contributed by atoms with Crippen molar-refractivity contribution in [3.63, 3.8) is 0 Å². The zero-order chi connectivity index (χ0) is 46.1. The summed E-state index contributed by atoms with van der Waals surface area (Å²) in [6.45, 7) is 0.688. The van der Waals surface area contributed by atoms with Gasteiger partial charge in [0.05, 0.1) is 46.2 Å². The minimum Gasteiger partial charge on any atom is -0.506 e. The van der Waals surface area contributed by atoms with Crippen LogP contribution in [0.4, 0.5) is 32.0 Å². The summed E-state index contributed by atoms with van der Waals surface area (Å²) < 4.78 is 101. The maximum atomic E-state index is 13.9. The fourth-order valence-corrected chi connectivity index (χ4v) is 7.64. The summed E-state index contributed by atoms with van der Waals surface area (Å²) >= 11 is 5.86. The summed E-state index contributed by atoms with van der Waals surface area (Å²) in [6.07, 6.45) is -2.20. The molecule has 1 atom stereocenters. The van der Waals surface area contributed by atoms with Crippen molar-refractivity contribution in [1.29, 1.82) is 0 Å². The van der Waals surface area contributed by atoms with Crippen LogP contribution in [0.5, 0.6) is 11.5 Å². The molecular weight excluding hydrogens is 876 g/mol. The number of phenolic OH excluding ortho intramolecular Hbond substituents is 1. The molecule has 20 heteroatoms. The van der Waals surface area contributed by atoms with Gasteiger partial charge < -0.3 is 24.6 Å². The number of ether oxygens (including phenoxy) is 3. The second-order valence-electron chi connectivity index (χ2n) is 14.7. The van der Waals surface area contributed by atoms with Crippen LogP contribution in [0.3, 0.4) is 0 Å². The van der Waals surface area contributed by atoms with Crippen molar-refractivity contribution in [3.8, 4) is 33.9 Å². The number of fused-ring (bicyclic) bond motifs is 1. The molecule has 1 aromatic heterocycles. The van der Waals surface area contributed by atoms with Crippen molar-refractivity contribution in [3.05, 3.63) is 118 Å². The number of imide groups is 2. The highest BCUT2D eigenvalue weighted by Gasteiger charge is 2.47. The van der Waals surface area contributed by atoms with Gasteiger partial charge in [0, 0.05) is 38.3 Å². The summed E-state index contributed by atoms with van der Waals surface area (Å²) in [6, 6.07) is 9.97. The van der Waals surface area contributed by atoms with E-state index >= 15 is 0 Å². The molecule has 3 aromatic carbocycles. The van der Waals surface area contributed by atoms with Gasteiger partial charge >= 0.3 is 12.4 Å². The maximum Gasteiger partial charge on any atom is 0.435 e. The Balaban J connectivity index is 0.937. The summed E-state index contributed by atoms with van der Waals surface area (Å²) in [5.41, 5.74) is -1.78. The summed E-state index contributed by atoms with van der Waals surface area (Å²) in [5.74, 6) is -2.42. The van der Waals surface area contributed by atoms with Gasteiger partial charge in [-0.2, -0.15) is 31.4 Å². The van der Waals surface area contributed by atoms with Gasteiger partial charge in [-0.05, 0) is 78.6 Å². The average molecular weight is 914 g/mol. The third kappa shape index (κ3) is 9.35. The van der Waals surface area contributed by atoms with Crippen LogP contribution in [-0.4, -0.2) is 94.4 Å². The molecule has 3 heterocycles. The predicted molar refractivity (Wildman–Crippen MR) is 219 cm³/mol. The molecule has 4 amide bonds. The summed E-state index contributed by atoms with van der Waals surface area (Å²) in [4.78, 5) is 53.2. The number of benzene rings is 3. The SMILES string of the molecule is CN1C(=O)CCC(N2C(=O)c3cccc(NCCOCCOC4=CCC=C(COc5ccc(-c6cc(C(F)(F)F)nn6C)c(O)c5-c5ccc(Cl)c(C(F)(F)F)c5)C=C4)c3C2=O)C1=O. The monoisotopic (exact) mass is 913 g/mol. The van der Waals surface area contributed by atoms with Gasteiger partial charge in [0.2, 0.25) is 5.91 Å². The number of nitrogens with one attached hydrogen (secondary N) is 1. The molecule has 13 nitrogen and oxygen atoms in total. The normalized spacial score (nSPS) is 16.8. The lowest BCUT2D eigenvalue weighted by Crippen LogP contribution is -2.54. The number of hydrogen-bond acceptors (Lipinski definition) is 10. The van der Waals surface area contributed by atoms with Crippen LogP contribution in [0, 0.1) is 0 Å². The molecule has 1 fully saturated rings. The van der Waals surface area contributed by atoms with Crippen molar-refractivity contribution < 1.29 is 64.8 Å². The van der Waals surface area contributed by atoms with Gasteiger partial charge in [0.25, 0.3) is 17.7 Å². The fourth-order valence-electron chi connectivity index (χ4n) is 7.41. The first-order valence-corrected chi connectivity index (χ1v) is 20.0. The molecule has 64 heavy (non-hydrogen) atoms. The molecule has 3 aliphatic rings. The van der Waals surface area contributed by atoms with E-state index in [0.29, 0.717) is 29.5 Å². The van der Waals surface area contributed by atoms with Crippen LogP contribution in [0.2, 0.25) is 5.02 Å². The molecule has 1 aliphatic carbocycles. The van der Waals surface area contributed by atoms with Crippen LogP contribution in [0.25, 0.3) is 22.4 Å². The minimum absolute atomic E-state index is 0.0321. The van der Waals surface area contributed by atoms with E-state index in [-0.39, 0.29) is 91.0 Å². The Kier molecular flexibility index (Phi) is 13.0. The Morgan fingerprint density at radius 1 is 0.859 bits per heavy atom. The van der Waals surface area contributed by atoms with E-state index in [0.717, 1.165) is 26.6 Å². The Bertz CT molecular complexity index is 2620. The second-order valence-corrected chi connectivity index (χ2v) is 15.2. The number of likely N-dealkylation sites (N-methyl/N-ethyl adjacent to an activating group) is 1. The standard InChI is InChI=1S/C44H38ClF6N5O8/c1-54-36(57)16-14-32(41(54)60)56-40(59)28-7-4-8-31(38(28)42(56)61)52-17-18-62-19-20-63-26-6-3-5-24(9-11-26)23-64-34-15-12-27(33-22-35(44(49,50)51)53-55(33)2)39(58)37(34)25-10-13-30(45)29(21-25)43(46,47)48/h4-13,15,21-22,32,52,58H,3,14,16-20,23H2,1-2H3. The predicted octanol–water partition coefficient (Wildman–Crippen LogP) is 8.19. The van der Waals surface area contributed by atoms with E-state index < -0.39 is 58.1 Å². The maximum absolute atomic E-state index is 13.9. The van der Waals surface area contributed by atoms with E-state index in [9.17, 15) is 50.6 Å². The fraction of sp³-hybridized carbons (Fsp3) is 0.295. The largest absolute Gasteiger partial charge is 0.506 e. The summed E-state index contributed by atoms with van der Waals surface area (Å²) in [5, 5.41) is 17.5. The molecule has 336 valence electrons. The van der Waals surface area contributed by atoms with E-state index in [2.05, 4.69) is 10.4 Å². The average Bonchev–Trinajstić information content (AvgIpc) is 3.65. The molecule has 4 aromatic rings. The Morgan fingerprint density at radius 2 is 1.64 bits per heavy atom. The molecule has 0 bridgehead atoms. The number of piperidine rings is 1. The van der Waals surface area contributed by atoms with Gasteiger partial charge in [-0.15, -0.1) is 0 Å². The number of carbonyl (C=O) groups excluding carboxylic acids is 4. The lowest BCUT2D eigenvalue weighted by Gasteiger charge is -2.32. The lowest BCUT2D eigenvalue weighted by atomic mass is 9.97. The highest BCUT2D eigenvalue weighted by Crippen LogP contribution is 2.47. The molecule has 1 unspecified atom stereocenters. The molecule has 2 aliphatic heterocycles. The zero-order valence-electron chi connectivity index (χ0n) is 34.0. The molecule has 0 saturated carbocycles. The van der Waals surface area contributed by atoms with Gasteiger partial charge in [0.15, 0.2) is 5.69 Å². The highest BCUT2D eigenvalue weighted by molar-refractivity contribution is 6.31. The number of hydrogen-bond donors (Lipinski definition) is 2. The number of aromatic hydroxyl groups is 1. The lowest BCUT2D eigenvalue weighted by molar-refractivity contribution is -0.149. The van der Waals surface area contributed by atoms with Gasteiger partial charge in [-0.3, -0.25) is 33.7 Å². The van der Waals surface area contributed by atoms with E-state index in [1.807, 2.05) is 6.08 Å². The van der Waals surface area contributed by atoms with E-state index in [1.54, 1.807) is 30.4 Å². The third-order valence-corrected chi connectivity index (χ3v) is 11.0. The number of anilines is 1. The Morgan fingerprint density at radius 3 is 2.38 bits per heavy atom. The molecule has 0 spiro atoms. The smallest absolute Gasteiger partial charge is 0.435 e. The van der Waals surface area contributed by atoms with Crippen LogP contribution >= 0.6 is 11.6 Å². The van der Waals surface area contributed by atoms with Crippen LogP contribution in [0.15, 0.2) is 90.2 Å². The molecular formula is C44H38ClF6N5O8. The second kappa shape index (κ2) is 18.2. The number of allylic oxidation sites excluding steroid dienone is 3.